The Kier molecular flexibility index (Phi) is 2.96. The molecule has 0 radical (unpaired) electrons. The van der Waals surface area contributed by atoms with Gasteiger partial charge in [0.15, 0.2) is 5.69 Å². The lowest BCUT2D eigenvalue weighted by Gasteiger charge is -1.98. The first-order valence-corrected chi connectivity index (χ1v) is 4.13. The number of esters is 1. The van der Waals surface area contributed by atoms with Crippen LogP contribution in [-0.2, 0) is 4.74 Å². The summed E-state index contributed by atoms with van der Waals surface area (Å²) in [7, 11) is 1.22. The Morgan fingerprint density at radius 3 is 2.83 bits per heavy atom. The molecular formula is C7H5FINO2. The molecule has 0 aliphatic rings. The second-order valence-corrected chi connectivity index (χ2v) is 3.09. The van der Waals surface area contributed by atoms with E-state index in [-0.39, 0.29) is 5.69 Å². The van der Waals surface area contributed by atoms with Crippen molar-refractivity contribution >= 4 is 28.6 Å². The van der Waals surface area contributed by atoms with Crippen molar-refractivity contribution in [1.29, 1.82) is 0 Å². The van der Waals surface area contributed by atoms with Crippen LogP contribution in [0.1, 0.15) is 10.5 Å². The summed E-state index contributed by atoms with van der Waals surface area (Å²) in [5.74, 6) is -1.12. The predicted octanol–water partition coefficient (Wildman–Crippen LogP) is 1.61. The number of carbonyl (C=O) groups excluding carboxylic acids is 1. The molecule has 0 aliphatic heterocycles. The van der Waals surface area contributed by atoms with Crippen LogP contribution in [-0.4, -0.2) is 18.1 Å². The van der Waals surface area contributed by atoms with Crippen LogP contribution in [0, 0.1) is 9.52 Å². The number of rotatable bonds is 1. The molecule has 0 aliphatic carbocycles. The second-order valence-electron chi connectivity index (χ2n) is 1.98. The Bertz CT molecular complexity index is 296. The largest absolute Gasteiger partial charge is 0.464 e. The SMILES string of the molecule is COC(=O)c1cc(F)cc(I)n1. The van der Waals surface area contributed by atoms with E-state index in [1.54, 1.807) is 0 Å². The van der Waals surface area contributed by atoms with Gasteiger partial charge in [-0.15, -0.1) is 0 Å². The van der Waals surface area contributed by atoms with Crippen LogP contribution in [0.5, 0.6) is 0 Å². The van der Waals surface area contributed by atoms with Crippen LogP contribution < -0.4 is 0 Å². The van der Waals surface area contributed by atoms with Crippen LogP contribution in [0.4, 0.5) is 4.39 Å². The van der Waals surface area contributed by atoms with Gasteiger partial charge in [-0.05, 0) is 22.6 Å². The van der Waals surface area contributed by atoms with Crippen molar-refractivity contribution in [3.05, 3.63) is 27.3 Å². The van der Waals surface area contributed by atoms with Crippen molar-refractivity contribution in [3.8, 4) is 0 Å². The van der Waals surface area contributed by atoms with Gasteiger partial charge in [0.2, 0.25) is 0 Å². The number of nitrogens with zero attached hydrogens (tertiary/aromatic N) is 1. The van der Waals surface area contributed by atoms with E-state index < -0.39 is 11.8 Å². The number of pyridine rings is 1. The van der Waals surface area contributed by atoms with E-state index in [1.165, 1.54) is 13.2 Å². The Hall–Kier alpha value is -0.720. The maximum absolute atomic E-state index is 12.7. The highest BCUT2D eigenvalue weighted by Gasteiger charge is 2.09. The molecule has 0 atom stereocenters. The molecule has 1 heterocycles. The Morgan fingerprint density at radius 2 is 2.33 bits per heavy atom. The molecule has 1 aromatic heterocycles. The summed E-state index contributed by atoms with van der Waals surface area (Å²) in [5.41, 5.74) is -0.0121. The van der Waals surface area contributed by atoms with Crippen LogP contribution >= 0.6 is 22.6 Å². The molecule has 0 spiro atoms. The molecule has 0 saturated heterocycles. The van der Waals surface area contributed by atoms with Gasteiger partial charge < -0.3 is 4.74 Å². The molecule has 0 fully saturated rings. The Labute approximate surface area is 82.1 Å². The summed E-state index contributed by atoms with van der Waals surface area (Å²) in [5, 5.41) is 0. The van der Waals surface area contributed by atoms with Crippen molar-refractivity contribution in [3.63, 3.8) is 0 Å². The first kappa shape index (κ1) is 9.37. The van der Waals surface area contributed by atoms with Crippen molar-refractivity contribution in [1.82, 2.24) is 4.98 Å². The lowest BCUT2D eigenvalue weighted by Crippen LogP contribution is -2.05. The number of halogens is 2. The molecule has 0 saturated carbocycles. The fourth-order valence-electron chi connectivity index (χ4n) is 0.675. The molecule has 0 N–H and O–H groups in total. The molecule has 0 unspecified atom stereocenters. The minimum Gasteiger partial charge on any atom is -0.464 e. The average molecular weight is 281 g/mol. The maximum Gasteiger partial charge on any atom is 0.356 e. The normalized spacial score (nSPS) is 9.58. The van der Waals surface area contributed by atoms with Crippen LogP contribution in [0.15, 0.2) is 12.1 Å². The summed E-state index contributed by atoms with van der Waals surface area (Å²) in [4.78, 5) is 14.6. The standard InChI is InChI=1S/C7H5FINO2/c1-12-7(11)5-2-4(8)3-6(9)10-5/h2-3H,1H3. The fraction of sp³-hybridized carbons (Fsp3) is 0.143. The van der Waals surface area contributed by atoms with Gasteiger partial charge in [-0.2, -0.15) is 0 Å². The van der Waals surface area contributed by atoms with Crippen molar-refractivity contribution in [2.75, 3.05) is 7.11 Å². The van der Waals surface area contributed by atoms with E-state index in [1.807, 2.05) is 22.6 Å². The molecule has 12 heavy (non-hydrogen) atoms. The summed E-state index contributed by atoms with van der Waals surface area (Å²) in [6.45, 7) is 0. The first-order chi connectivity index (χ1) is 5.63. The smallest absolute Gasteiger partial charge is 0.356 e. The fourth-order valence-corrected chi connectivity index (χ4v) is 1.23. The molecule has 5 heteroatoms. The zero-order chi connectivity index (χ0) is 9.14. The van der Waals surface area contributed by atoms with Gasteiger partial charge in [0, 0.05) is 12.1 Å². The summed E-state index contributed by atoms with van der Waals surface area (Å²) in [6, 6.07) is 2.26. The number of methoxy groups -OCH3 is 1. The average Bonchev–Trinajstić information content (AvgIpc) is 2.01. The predicted molar refractivity (Wildman–Crippen MR) is 48.3 cm³/mol. The molecule has 3 nitrogen and oxygen atoms in total. The van der Waals surface area contributed by atoms with Crippen LogP contribution in [0.3, 0.4) is 0 Å². The van der Waals surface area contributed by atoms with E-state index >= 15 is 0 Å². The second kappa shape index (κ2) is 3.79. The number of hydrogen-bond donors (Lipinski definition) is 0. The van der Waals surface area contributed by atoms with Gasteiger partial charge >= 0.3 is 5.97 Å². The molecule has 64 valence electrons. The Morgan fingerprint density at radius 1 is 1.67 bits per heavy atom. The third-order valence-electron chi connectivity index (χ3n) is 1.15. The molecule has 0 bridgehead atoms. The quantitative estimate of drug-likeness (QED) is 0.446. The van der Waals surface area contributed by atoms with Gasteiger partial charge in [-0.1, -0.05) is 0 Å². The lowest BCUT2D eigenvalue weighted by molar-refractivity contribution is 0.0593. The first-order valence-electron chi connectivity index (χ1n) is 3.05. The van der Waals surface area contributed by atoms with Crippen molar-refractivity contribution in [2.24, 2.45) is 0 Å². The summed E-state index contributed by atoms with van der Waals surface area (Å²) in [6.07, 6.45) is 0. The number of hydrogen-bond acceptors (Lipinski definition) is 3. The van der Waals surface area contributed by atoms with Crippen LogP contribution in [0.2, 0.25) is 0 Å². The van der Waals surface area contributed by atoms with Crippen molar-refractivity contribution < 1.29 is 13.9 Å². The molecule has 0 amide bonds. The van der Waals surface area contributed by atoms with Gasteiger partial charge in [0.1, 0.15) is 9.52 Å². The zero-order valence-corrected chi connectivity index (χ0v) is 8.33. The van der Waals surface area contributed by atoms with Gasteiger partial charge in [-0.25, -0.2) is 14.2 Å². The minimum atomic E-state index is -0.632. The lowest BCUT2D eigenvalue weighted by atomic mass is 10.3. The molecule has 1 rings (SSSR count). The van der Waals surface area contributed by atoms with Gasteiger partial charge in [0.25, 0.3) is 0 Å². The molecular weight excluding hydrogens is 276 g/mol. The molecule has 1 aromatic rings. The van der Waals surface area contributed by atoms with E-state index in [0.29, 0.717) is 3.70 Å². The highest BCUT2D eigenvalue weighted by atomic mass is 127. The van der Waals surface area contributed by atoms with Crippen molar-refractivity contribution in [2.45, 2.75) is 0 Å². The topological polar surface area (TPSA) is 39.2 Å². The zero-order valence-electron chi connectivity index (χ0n) is 6.17. The highest BCUT2D eigenvalue weighted by Crippen LogP contribution is 2.07. The van der Waals surface area contributed by atoms with E-state index in [4.69, 9.17) is 0 Å². The third-order valence-corrected chi connectivity index (χ3v) is 1.71. The monoisotopic (exact) mass is 281 g/mol. The summed E-state index contributed by atoms with van der Waals surface area (Å²) >= 11 is 1.82. The summed E-state index contributed by atoms with van der Waals surface area (Å²) < 4.78 is 17.5. The highest BCUT2D eigenvalue weighted by molar-refractivity contribution is 14.1. The number of ether oxygens (including phenoxy) is 1. The number of carbonyl (C=O) groups is 1. The minimum absolute atomic E-state index is 0.0121. The van der Waals surface area contributed by atoms with Gasteiger partial charge in [-0.3, -0.25) is 0 Å². The van der Waals surface area contributed by atoms with E-state index in [2.05, 4.69) is 9.72 Å². The molecule has 0 aromatic carbocycles. The van der Waals surface area contributed by atoms with E-state index in [0.717, 1.165) is 6.07 Å². The number of aromatic nitrogens is 1. The van der Waals surface area contributed by atoms with E-state index in [9.17, 15) is 9.18 Å². The third kappa shape index (κ3) is 2.13. The maximum atomic E-state index is 12.7. The van der Waals surface area contributed by atoms with Gasteiger partial charge in [0.05, 0.1) is 7.11 Å². The Balaban J connectivity index is 3.08. The van der Waals surface area contributed by atoms with Crippen LogP contribution in [0.25, 0.3) is 0 Å².